The van der Waals surface area contributed by atoms with Crippen molar-refractivity contribution >= 4 is 0 Å². The lowest BCUT2D eigenvalue weighted by Gasteiger charge is -2.38. The first kappa shape index (κ1) is 13.5. The third-order valence-corrected chi connectivity index (χ3v) is 3.89. The minimum Gasteiger partial charge on any atom is -0.493 e. The molecule has 20 heavy (non-hydrogen) atoms. The van der Waals surface area contributed by atoms with E-state index in [1.165, 1.54) is 5.56 Å². The molecule has 5 heteroatoms. The van der Waals surface area contributed by atoms with Crippen molar-refractivity contribution in [3.05, 3.63) is 17.7 Å². The molecule has 1 fully saturated rings. The van der Waals surface area contributed by atoms with Gasteiger partial charge < -0.3 is 19.5 Å². The Hall–Kier alpha value is -1.46. The molecule has 1 saturated heterocycles. The number of benzene rings is 1. The van der Waals surface area contributed by atoms with E-state index in [9.17, 15) is 0 Å². The summed E-state index contributed by atoms with van der Waals surface area (Å²) >= 11 is 0. The predicted molar refractivity (Wildman–Crippen MR) is 76.5 cm³/mol. The van der Waals surface area contributed by atoms with Crippen molar-refractivity contribution in [1.82, 2.24) is 10.2 Å². The maximum atomic E-state index is 5.49. The second kappa shape index (κ2) is 5.89. The number of nitrogens with zero attached hydrogens (tertiary/aromatic N) is 1. The van der Waals surface area contributed by atoms with Crippen molar-refractivity contribution < 1.29 is 14.2 Å². The summed E-state index contributed by atoms with van der Waals surface area (Å²) in [5.41, 5.74) is 1.21. The first-order chi connectivity index (χ1) is 9.81. The zero-order valence-corrected chi connectivity index (χ0v) is 12.1. The summed E-state index contributed by atoms with van der Waals surface area (Å²) in [6.45, 7) is 6.71. The Morgan fingerprint density at radius 3 is 2.85 bits per heavy atom. The van der Waals surface area contributed by atoms with Crippen molar-refractivity contribution in [3.8, 4) is 17.2 Å². The maximum absolute atomic E-state index is 5.49. The van der Waals surface area contributed by atoms with Crippen molar-refractivity contribution in [3.63, 3.8) is 0 Å². The molecule has 0 aromatic heterocycles. The minimum atomic E-state index is 0.278. The Labute approximate surface area is 119 Å². The average molecular weight is 278 g/mol. The van der Waals surface area contributed by atoms with E-state index in [0.717, 1.165) is 49.8 Å². The minimum absolute atomic E-state index is 0.278. The molecule has 0 saturated carbocycles. The van der Waals surface area contributed by atoms with Crippen molar-refractivity contribution in [2.24, 2.45) is 0 Å². The van der Waals surface area contributed by atoms with Gasteiger partial charge in [0.25, 0.3) is 0 Å². The van der Waals surface area contributed by atoms with Crippen LogP contribution in [0, 0.1) is 0 Å². The van der Waals surface area contributed by atoms with Crippen LogP contribution in [0.25, 0.3) is 0 Å². The Bertz CT molecular complexity index is 474. The van der Waals surface area contributed by atoms with E-state index in [2.05, 4.69) is 29.3 Å². The normalized spacial score (nSPS) is 17.4. The molecule has 0 atom stereocenters. The van der Waals surface area contributed by atoms with Crippen LogP contribution in [-0.4, -0.2) is 44.5 Å². The smallest absolute Gasteiger partial charge is 0.231 e. The third-order valence-electron chi connectivity index (χ3n) is 3.89. The summed E-state index contributed by atoms with van der Waals surface area (Å²) in [4.78, 5) is 2.52. The molecule has 3 rings (SSSR count). The van der Waals surface area contributed by atoms with Crippen LogP contribution in [0.3, 0.4) is 0 Å². The number of methoxy groups -OCH3 is 1. The van der Waals surface area contributed by atoms with E-state index >= 15 is 0 Å². The highest BCUT2D eigenvalue weighted by atomic mass is 16.7. The Balaban J connectivity index is 1.78. The molecule has 2 aliphatic rings. The van der Waals surface area contributed by atoms with E-state index < -0.39 is 0 Å². The fourth-order valence-corrected chi connectivity index (χ4v) is 2.72. The summed E-state index contributed by atoms with van der Waals surface area (Å²) in [7, 11) is 1.67. The number of rotatable bonds is 6. The molecule has 1 aromatic carbocycles. The molecule has 0 aliphatic carbocycles. The van der Waals surface area contributed by atoms with Gasteiger partial charge in [0, 0.05) is 25.7 Å². The van der Waals surface area contributed by atoms with Crippen molar-refractivity contribution in [2.75, 3.05) is 33.5 Å². The van der Waals surface area contributed by atoms with Gasteiger partial charge in [-0.05, 0) is 30.7 Å². The van der Waals surface area contributed by atoms with Gasteiger partial charge >= 0.3 is 0 Å². The predicted octanol–water partition coefficient (Wildman–Crippen LogP) is 1.61. The van der Waals surface area contributed by atoms with Gasteiger partial charge in [-0.25, -0.2) is 0 Å². The van der Waals surface area contributed by atoms with Crippen LogP contribution in [0.4, 0.5) is 0 Å². The highest BCUT2D eigenvalue weighted by Crippen LogP contribution is 2.42. The summed E-state index contributed by atoms with van der Waals surface area (Å²) in [5.74, 6) is 2.28. The number of ether oxygens (including phenoxy) is 3. The molecule has 2 heterocycles. The van der Waals surface area contributed by atoms with Crippen LogP contribution in [0.15, 0.2) is 12.1 Å². The lowest BCUT2D eigenvalue weighted by atomic mass is 10.1. The fraction of sp³-hybridized carbons (Fsp3) is 0.600. The highest BCUT2D eigenvalue weighted by Gasteiger charge is 2.25. The molecule has 0 spiro atoms. The van der Waals surface area contributed by atoms with E-state index in [0.29, 0.717) is 6.04 Å². The largest absolute Gasteiger partial charge is 0.493 e. The number of hydrogen-bond donors (Lipinski definition) is 1. The van der Waals surface area contributed by atoms with Crippen LogP contribution in [0.1, 0.15) is 18.9 Å². The van der Waals surface area contributed by atoms with Gasteiger partial charge in [0.2, 0.25) is 12.5 Å². The standard InChI is InChI=1S/C15H22N2O3/c1-3-4-17(12-7-16-8-12)9-11-5-13(18-2)15-14(6-11)19-10-20-15/h5-6,12,16H,3-4,7-10H2,1-2H3. The van der Waals surface area contributed by atoms with Gasteiger partial charge in [-0.15, -0.1) is 0 Å². The van der Waals surface area contributed by atoms with Crippen LogP contribution in [0.2, 0.25) is 0 Å². The summed E-state index contributed by atoms with van der Waals surface area (Å²) in [5, 5.41) is 3.34. The summed E-state index contributed by atoms with van der Waals surface area (Å²) in [6, 6.07) is 4.77. The fourth-order valence-electron chi connectivity index (χ4n) is 2.72. The lowest BCUT2D eigenvalue weighted by Crippen LogP contribution is -2.56. The number of fused-ring (bicyclic) bond motifs is 1. The van der Waals surface area contributed by atoms with Crippen LogP contribution in [0.5, 0.6) is 17.2 Å². The monoisotopic (exact) mass is 278 g/mol. The SMILES string of the molecule is CCCN(Cc1cc(OC)c2c(c1)OCO2)C1CNC1. The Kier molecular flexibility index (Phi) is 3.98. The molecular weight excluding hydrogens is 256 g/mol. The van der Waals surface area contributed by atoms with Gasteiger partial charge in [0.1, 0.15) is 0 Å². The molecule has 110 valence electrons. The van der Waals surface area contributed by atoms with Crippen molar-refractivity contribution in [1.29, 1.82) is 0 Å². The maximum Gasteiger partial charge on any atom is 0.231 e. The second-order valence-corrected chi connectivity index (χ2v) is 5.31. The van der Waals surface area contributed by atoms with Crippen LogP contribution >= 0.6 is 0 Å². The number of hydrogen-bond acceptors (Lipinski definition) is 5. The van der Waals surface area contributed by atoms with Gasteiger partial charge in [-0.2, -0.15) is 0 Å². The van der Waals surface area contributed by atoms with E-state index in [4.69, 9.17) is 14.2 Å². The van der Waals surface area contributed by atoms with Crippen LogP contribution < -0.4 is 19.5 Å². The zero-order valence-electron chi connectivity index (χ0n) is 12.1. The lowest BCUT2D eigenvalue weighted by molar-refractivity contribution is 0.137. The van der Waals surface area contributed by atoms with Crippen molar-refractivity contribution in [2.45, 2.75) is 25.9 Å². The molecule has 5 nitrogen and oxygen atoms in total. The molecule has 0 amide bonds. The molecular formula is C15H22N2O3. The first-order valence-corrected chi connectivity index (χ1v) is 7.23. The third kappa shape index (κ3) is 2.55. The molecule has 0 radical (unpaired) electrons. The highest BCUT2D eigenvalue weighted by molar-refractivity contribution is 5.55. The Morgan fingerprint density at radius 2 is 2.20 bits per heavy atom. The molecule has 1 N–H and O–H groups in total. The van der Waals surface area contributed by atoms with E-state index in [-0.39, 0.29) is 6.79 Å². The van der Waals surface area contributed by atoms with Gasteiger partial charge in [0.05, 0.1) is 7.11 Å². The molecule has 0 bridgehead atoms. The summed E-state index contributed by atoms with van der Waals surface area (Å²) in [6.07, 6.45) is 1.16. The average Bonchev–Trinajstić information content (AvgIpc) is 2.84. The molecule has 1 aromatic rings. The molecule has 0 unspecified atom stereocenters. The van der Waals surface area contributed by atoms with Gasteiger partial charge in [0.15, 0.2) is 11.5 Å². The van der Waals surface area contributed by atoms with E-state index in [1.807, 2.05) is 0 Å². The number of nitrogens with one attached hydrogen (secondary N) is 1. The second-order valence-electron chi connectivity index (χ2n) is 5.31. The topological polar surface area (TPSA) is 43.0 Å². The first-order valence-electron chi connectivity index (χ1n) is 7.23. The van der Waals surface area contributed by atoms with Gasteiger partial charge in [-0.1, -0.05) is 6.92 Å². The molecule has 2 aliphatic heterocycles. The van der Waals surface area contributed by atoms with Gasteiger partial charge in [-0.3, -0.25) is 4.90 Å². The van der Waals surface area contributed by atoms with Crippen LogP contribution in [-0.2, 0) is 6.54 Å². The van der Waals surface area contributed by atoms with E-state index in [1.54, 1.807) is 7.11 Å². The zero-order chi connectivity index (χ0) is 13.9. The Morgan fingerprint density at radius 1 is 1.35 bits per heavy atom. The quantitative estimate of drug-likeness (QED) is 0.856. The summed E-state index contributed by atoms with van der Waals surface area (Å²) < 4.78 is 16.3.